The van der Waals surface area contributed by atoms with Gasteiger partial charge in [-0.15, -0.1) is 0 Å². The van der Waals surface area contributed by atoms with Crippen molar-refractivity contribution in [1.29, 1.82) is 0 Å². The first-order valence-corrected chi connectivity index (χ1v) is 40.1. The van der Waals surface area contributed by atoms with Gasteiger partial charge in [-0.2, -0.15) is 0 Å². The SMILES string of the molecule is CC1=C(C)CC(c2c(C([Si](C)(C)C)[Si](C)(C)C)cc(C([Si](C)(C)C)[Si](C)(C)C)cc2C([Si](C)(C)C)[Si](C)(C)C)[Se]C1. The van der Waals surface area contributed by atoms with Gasteiger partial charge in [-0.1, -0.05) is 0 Å². The van der Waals surface area contributed by atoms with Crippen molar-refractivity contribution in [3.05, 3.63) is 45.5 Å². The van der Waals surface area contributed by atoms with Crippen molar-refractivity contribution in [2.45, 2.75) is 164 Å². The van der Waals surface area contributed by atoms with E-state index in [-0.39, 0.29) is 0 Å². The van der Waals surface area contributed by atoms with Crippen LogP contribution >= 0.6 is 0 Å². The fourth-order valence-electron chi connectivity index (χ4n) is 9.55. The number of hydrogen-bond donors (Lipinski definition) is 0. The predicted molar refractivity (Wildman–Crippen MR) is 211 cm³/mol. The van der Waals surface area contributed by atoms with E-state index in [2.05, 4.69) is 144 Å². The minimum atomic E-state index is -1.49. The molecule has 41 heavy (non-hydrogen) atoms. The van der Waals surface area contributed by atoms with Crippen molar-refractivity contribution < 1.29 is 0 Å². The molecule has 1 aromatic carbocycles. The van der Waals surface area contributed by atoms with Crippen molar-refractivity contribution in [1.82, 2.24) is 0 Å². The van der Waals surface area contributed by atoms with Crippen LogP contribution in [0.25, 0.3) is 0 Å². The summed E-state index contributed by atoms with van der Waals surface area (Å²) in [5.41, 5.74) is 10.9. The Morgan fingerprint density at radius 3 is 1.10 bits per heavy atom. The maximum atomic E-state index is 2.92. The second-order valence-electron chi connectivity index (χ2n) is 20.2. The summed E-state index contributed by atoms with van der Waals surface area (Å²) in [6, 6.07) is 5.84. The molecule has 0 nitrogen and oxygen atoms in total. The third-order valence-corrected chi connectivity index (χ3v) is 40.3. The molecule has 1 aliphatic heterocycles. The van der Waals surface area contributed by atoms with Crippen LogP contribution in [-0.2, 0) is 0 Å². The number of hydrogen-bond acceptors (Lipinski definition) is 0. The van der Waals surface area contributed by atoms with Crippen LogP contribution in [0.5, 0.6) is 0 Å². The van der Waals surface area contributed by atoms with Gasteiger partial charge < -0.3 is 0 Å². The average molecular weight is 726 g/mol. The van der Waals surface area contributed by atoms with Gasteiger partial charge in [0.1, 0.15) is 0 Å². The van der Waals surface area contributed by atoms with Crippen molar-refractivity contribution in [3.8, 4) is 0 Å². The van der Waals surface area contributed by atoms with Crippen molar-refractivity contribution in [3.63, 3.8) is 0 Å². The molecule has 236 valence electrons. The summed E-state index contributed by atoms with van der Waals surface area (Å²) in [4.78, 5) is 0.757. The summed E-state index contributed by atoms with van der Waals surface area (Å²) in [6.07, 6.45) is 1.31. The molecule has 1 aliphatic rings. The molecule has 1 atom stereocenters. The number of rotatable bonds is 10. The Morgan fingerprint density at radius 1 is 0.512 bits per heavy atom. The van der Waals surface area contributed by atoms with Crippen molar-refractivity contribution >= 4 is 63.4 Å². The summed E-state index contributed by atoms with van der Waals surface area (Å²) in [5, 5.41) is 3.76. The molecule has 1 unspecified atom stereocenters. The van der Waals surface area contributed by atoms with E-state index in [4.69, 9.17) is 0 Å². The zero-order chi connectivity index (χ0) is 32.3. The minimum absolute atomic E-state index is 0.651. The second kappa shape index (κ2) is 12.5. The molecule has 0 spiro atoms. The molecule has 0 fully saturated rings. The number of benzene rings is 1. The molecule has 0 saturated carbocycles. The fourth-order valence-corrected chi connectivity index (χ4v) is 50.9. The molecule has 0 N–H and O–H groups in total. The quantitative estimate of drug-likeness (QED) is 0.166. The Hall–Kier alpha value is 0.781. The summed E-state index contributed by atoms with van der Waals surface area (Å²) >= 11 is 0.651. The van der Waals surface area contributed by atoms with Crippen LogP contribution in [0.4, 0.5) is 0 Å². The van der Waals surface area contributed by atoms with Crippen LogP contribution in [-0.4, -0.2) is 63.4 Å². The Labute approximate surface area is 271 Å². The molecule has 0 radical (unpaired) electrons. The van der Waals surface area contributed by atoms with Crippen LogP contribution in [0, 0.1) is 0 Å². The second-order valence-corrected chi connectivity index (χ2v) is 56.3. The van der Waals surface area contributed by atoms with Gasteiger partial charge >= 0.3 is 273 Å². The Morgan fingerprint density at radius 2 is 0.829 bits per heavy atom. The van der Waals surface area contributed by atoms with E-state index in [1.807, 2.05) is 16.7 Å². The Kier molecular flexibility index (Phi) is 11.6. The van der Waals surface area contributed by atoms with Crippen molar-refractivity contribution in [2.75, 3.05) is 0 Å². The molecule has 0 amide bonds. The molecule has 0 aliphatic carbocycles. The first kappa shape index (κ1) is 38.0. The molecule has 7 heteroatoms. The van der Waals surface area contributed by atoms with E-state index in [1.54, 1.807) is 16.7 Å². The molecule has 1 aromatic rings. The van der Waals surface area contributed by atoms with Gasteiger partial charge in [-0.25, -0.2) is 0 Å². The molecular weight excluding hydrogens is 656 g/mol. The Balaban J connectivity index is 3.30. The zero-order valence-corrected chi connectivity index (χ0v) is 39.0. The molecule has 0 aromatic heterocycles. The Bertz CT molecular complexity index is 1020. The third kappa shape index (κ3) is 9.17. The van der Waals surface area contributed by atoms with Gasteiger partial charge in [0.05, 0.1) is 0 Å². The van der Waals surface area contributed by atoms with Gasteiger partial charge in [-0.3, -0.25) is 0 Å². The summed E-state index contributed by atoms with van der Waals surface area (Å²) in [7, 11) is -8.81. The average Bonchev–Trinajstić information content (AvgIpc) is 2.63. The monoisotopic (exact) mass is 726 g/mol. The number of allylic oxidation sites excluding steroid dienone is 2. The first-order chi connectivity index (χ1) is 18.0. The molecule has 0 bridgehead atoms. The topological polar surface area (TPSA) is 0 Å². The van der Waals surface area contributed by atoms with Gasteiger partial charge in [0, 0.05) is 0 Å². The summed E-state index contributed by atoms with van der Waals surface area (Å²) in [5.74, 6) is 0. The van der Waals surface area contributed by atoms with E-state index in [0.29, 0.717) is 15.0 Å². The van der Waals surface area contributed by atoms with Gasteiger partial charge in [0.25, 0.3) is 0 Å². The van der Waals surface area contributed by atoms with E-state index < -0.39 is 48.4 Å². The van der Waals surface area contributed by atoms with Crippen LogP contribution in [0.15, 0.2) is 23.3 Å². The molecule has 1 heterocycles. The van der Waals surface area contributed by atoms with Gasteiger partial charge in [-0.05, 0) is 0 Å². The predicted octanol–water partition coefficient (Wildman–Crippen LogP) is 12.1. The normalized spacial score (nSPS) is 18.8. The van der Waals surface area contributed by atoms with Crippen molar-refractivity contribution in [2.24, 2.45) is 0 Å². The maximum absolute atomic E-state index is 2.92. The van der Waals surface area contributed by atoms with E-state index in [1.165, 1.54) is 11.7 Å². The van der Waals surface area contributed by atoms with Crippen LogP contribution in [0.3, 0.4) is 0 Å². The van der Waals surface area contributed by atoms with Gasteiger partial charge in [0.15, 0.2) is 0 Å². The van der Waals surface area contributed by atoms with E-state index in [0.717, 1.165) is 20.3 Å². The van der Waals surface area contributed by atoms with Crippen LogP contribution in [0.2, 0.25) is 123 Å². The van der Waals surface area contributed by atoms with Crippen LogP contribution in [0.1, 0.15) is 62.8 Å². The van der Waals surface area contributed by atoms with E-state index >= 15 is 0 Å². The van der Waals surface area contributed by atoms with E-state index in [9.17, 15) is 0 Å². The summed E-state index contributed by atoms with van der Waals surface area (Å²) < 4.78 is 0. The molecule has 0 saturated heterocycles. The standard InChI is InChI=1S/C34H70SeSi6/c1-25-21-30(35-24-26(25)2)31-28(33(38(9,10)11)39(12,13)14)22-27(32(36(3,4)5)37(6,7)8)23-29(31)34(40(15,16)17)41(18,19)20/h22-23,30,32-34H,21,24H2,1-20H3. The third-order valence-electron chi connectivity index (χ3n) is 9.46. The first-order valence-electron chi connectivity index (χ1n) is 16.4. The van der Waals surface area contributed by atoms with Crippen LogP contribution < -0.4 is 0 Å². The summed E-state index contributed by atoms with van der Waals surface area (Å²) in [6.45, 7) is 53.4. The molecule has 2 rings (SSSR count). The molecular formula is C34H70SeSi6. The zero-order valence-electron chi connectivity index (χ0n) is 31.3. The fraction of sp³-hybridized carbons (Fsp3) is 0.765. The van der Waals surface area contributed by atoms with Gasteiger partial charge in [0.2, 0.25) is 0 Å².